The average molecular weight is 314 g/mol. The third kappa shape index (κ3) is 2.96. The molecule has 20 heavy (non-hydrogen) atoms. The van der Waals surface area contributed by atoms with Crippen molar-refractivity contribution in [1.29, 1.82) is 5.26 Å². The molecular weight excluding hydrogens is 298 g/mol. The summed E-state index contributed by atoms with van der Waals surface area (Å²) in [6.07, 6.45) is 1.95. The normalized spacial score (nSPS) is 18.3. The maximum absolute atomic E-state index is 12.4. The number of sulfonamides is 1. The van der Waals surface area contributed by atoms with Gasteiger partial charge in [0.05, 0.1) is 15.5 Å². The van der Waals surface area contributed by atoms with Crippen LogP contribution in [0.3, 0.4) is 0 Å². The number of rotatable bonds is 5. The monoisotopic (exact) mass is 313 g/mol. The summed E-state index contributed by atoms with van der Waals surface area (Å²) in [6.45, 7) is 2.05. The fraction of sp³-hybridized carbons (Fsp3) is 0.462. The SMILES string of the molecule is CC(CN)(NS(=O)(=O)c1ccc(C#N)c(Cl)c1)C1CC1. The van der Waals surface area contributed by atoms with Crippen molar-refractivity contribution < 1.29 is 8.42 Å². The molecule has 1 aliphatic carbocycles. The molecule has 108 valence electrons. The number of benzene rings is 1. The molecule has 0 saturated heterocycles. The van der Waals surface area contributed by atoms with Gasteiger partial charge in [-0.05, 0) is 43.9 Å². The van der Waals surface area contributed by atoms with E-state index in [9.17, 15) is 8.42 Å². The lowest BCUT2D eigenvalue weighted by atomic mass is 9.98. The van der Waals surface area contributed by atoms with E-state index in [-0.39, 0.29) is 27.9 Å². The largest absolute Gasteiger partial charge is 0.329 e. The zero-order valence-corrected chi connectivity index (χ0v) is 12.6. The van der Waals surface area contributed by atoms with Crippen molar-refractivity contribution >= 4 is 21.6 Å². The van der Waals surface area contributed by atoms with Gasteiger partial charge in [0.1, 0.15) is 6.07 Å². The van der Waals surface area contributed by atoms with E-state index in [2.05, 4.69) is 4.72 Å². The van der Waals surface area contributed by atoms with E-state index >= 15 is 0 Å². The standard InChI is InChI=1S/C13H16ClN3O2S/c1-13(8-16,10-3-4-10)17-20(18,19)11-5-2-9(7-15)12(14)6-11/h2,5-6,10,17H,3-4,8,16H2,1H3. The molecule has 2 rings (SSSR count). The molecule has 1 aromatic rings. The second-order valence-electron chi connectivity index (χ2n) is 5.25. The highest BCUT2D eigenvalue weighted by atomic mass is 35.5. The highest BCUT2D eigenvalue weighted by molar-refractivity contribution is 7.89. The van der Waals surface area contributed by atoms with Crippen LogP contribution in [-0.2, 0) is 10.0 Å². The van der Waals surface area contributed by atoms with Gasteiger partial charge in [0.25, 0.3) is 0 Å². The molecule has 1 aliphatic rings. The van der Waals surface area contributed by atoms with E-state index in [4.69, 9.17) is 22.6 Å². The Kier molecular flexibility index (Phi) is 4.07. The van der Waals surface area contributed by atoms with Gasteiger partial charge in [-0.25, -0.2) is 13.1 Å². The average Bonchev–Trinajstić information content (AvgIpc) is 3.22. The molecule has 0 spiro atoms. The lowest BCUT2D eigenvalue weighted by Gasteiger charge is -2.29. The molecule has 0 radical (unpaired) electrons. The Morgan fingerprint density at radius 3 is 2.65 bits per heavy atom. The van der Waals surface area contributed by atoms with Gasteiger partial charge >= 0.3 is 0 Å². The summed E-state index contributed by atoms with van der Waals surface area (Å²) >= 11 is 5.88. The third-order valence-electron chi connectivity index (χ3n) is 3.64. The van der Waals surface area contributed by atoms with Gasteiger partial charge in [0.2, 0.25) is 10.0 Å². The number of nitriles is 1. The summed E-state index contributed by atoms with van der Waals surface area (Å²) in [5.74, 6) is 0.274. The molecular formula is C13H16ClN3O2S. The number of nitrogens with two attached hydrogens (primary N) is 1. The quantitative estimate of drug-likeness (QED) is 0.863. The van der Waals surface area contributed by atoms with Gasteiger partial charge in [-0.2, -0.15) is 5.26 Å². The first-order valence-electron chi connectivity index (χ1n) is 6.26. The van der Waals surface area contributed by atoms with Gasteiger partial charge < -0.3 is 5.73 Å². The Morgan fingerprint density at radius 1 is 1.55 bits per heavy atom. The molecule has 0 amide bonds. The first-order valence-corrected chi connectivity index (χ1v) is 8.12. The predicted molar refractivity (Wildman–Crippen MR) is 76.7 cm³/mol. The van der Waals surface area contributed by atoms with E-state index < -0.39 is 15.6 Å². The van der Waals surface area contributed by atoms with Crippen molar-refractivity contribution in [3.63, 3.8) is 0 Å². The van der Waals surface area contributed by atoms with Crippen molar-refractivity contribution in [1.82, 2.24) is 4.72 Å². The van der Waals surface area contributed by atoms with Crippen LogP contribution in [0.1, 0.15) is 25.3 Å². The zero-order valence-electron chi connectivity index (χ0n) is 11.1. The van der Waals surface area contributed by atoms with E-state index in [1.165, 1.54) is 18.2 Å². The third-order valence-corrected chi connectivity index (χ3v) is 5.56. The minimum atomic E-state index is -3.71. The molecule has 5 nitrogen and oxygen atoms in total. The number of nitrogens with one attached hydrogen (secondary N) is 1. The summed E-state index contributed by atoms with van der Waals surface area (Å²) < 4.78 is 27.4. The first-order chi connectivity index (χ1) is 9.32. The molecule has 3 N–H and O–H groups in total. The van der Waals surface area contributed by atoms with Crippen LogP contribution in [0, 0.1) is 17.2 Å². The fourth-order valence-electron chi connectivity index (χ4n) is 2.13. The summed E-state index contributed by atoms with van der Waals surface area (Å²) in [7, 11) is -3.71. The van der Waals surface area contributed by atoms with Gasteiger partial charge in [-0.15, -0.1) is 0 Å². The van der Waals surface area contributed by atoms with Crippen LogP contribution in [0.25, 0.3) is 0 Å². The number of nitrogens with zero attached hydrogens (tertiary/aromatic N) is 1. The Labute approximate surface area is 123 Å². The molecule has 1 atom stereocenters. The Bertz CT molecular complexity index is 665. The minimum absolute atomic E-state index is 0.0434. The fourth-order valence-corrected chi connectivity index (χ4v) is 3.92. The summed E-state index contributed by atoms with van der Waals surface area (Å²) in [5, 5.41) is 8.92. The Morgan fingerprint density at radius 2 is 2.20 bits per heavy atom. The van der Waals surface area contributed by atoms with Crippen molar-refractivity contribution in [2.45, 2.75) is 30.2 Å². The Hall–Kier alpha value is -1.13. The van der Waals surface area contributed by atoms with Crippen molar-refractivity contribution in [3.8, 4) is 6.07 Å². The molecule has 0 heterocycles. The number of halogens is 1. The van der Waals surface area contributed by atoms with E-state index in [1.807, 2.05) is 13.0 Å². The van der Waals surface area contributed by atoms with Gasteiger partial charge in [0.15, 0.2) is 0 Å². The lowest BCUT2D eigenvalue weighted by molar-refractivity contribution is 0.374. The molecule has 0 bridgehead atoms. The van der Waals surface area contributed by atoms with Gasteiger partial charge in [0, 0.05) is 12.1 Å². The van der Waals surface area contributed by atoms with Crippen molar-refractivity contribution in [3.05, 3.63) is 28.8 Å². The minimum Gasteiger partial charge on any atom is -0.329 e. The highest BCUT2D eigenvalue weighted by Gasteiger charge is 2.43. The van der Waals surface area contributed by atoms with Crippen LogP contribution >= 0.6 is 11.6 Å². The highest BCUT2D eigenvalue weighted by Crippen LogP contribution is 2.39. The van der Waals surface area contributed by atoms with E-state index in [1.54, 1.807) is 0 Å². The van der Waals surface area contributed by atoms with Crippen LogP contribution in [0.15, 0.2) is 23.1 Å². The lowest BCUT2D eigenvalue weighted by Crippen LogP contribution is -2.52. The van der Waals surface area contributed by atoms with E-state index in [0.717, 1.165) is 12.8 Å². The summed E-state index contributed by atoms with van der Waals surface area (Å²) in [6, 6.07) is 5.95. The summed E-state index contributed by atoms with van der Waals surface area (Å²) in [5.41, 5.74) is 5.32. The molecule has 1 unspecified atom stereocenters. The molecule has 7 heteroatoms. The van der Waals surface area contributed by atoms with Crippen LogP contribution in [0.4, 0.5) is 0 Å². The van der Waals surface area contributed by atoms with E-state index in [0.29, 0.717) is 0 Å². The smallest absolute Gasteiger partial charge is 0.241 e. The number of hydrogen-bond donors (Lipinski definition) is 2. The second kappa shape index (κ2) is 5.34. The molecule has 0 aliphatic heterocycles. The Balaban J connectivity index is 2.31. The zero-order chi connectivity index (χ0) is 15.0. The summed E-state index contributed by atoms with van der Waals surface area (Å²) in [4.78, 5) is 0.0434. The molecule has 1 aromatic carbocycles. The number of hydrogen-bond acceptors (Lipinski definition) is 4. The van der Waals surface area contributed by atoms with Gasteiger partial charge in [-0.1, -0.05) is 11.6 Å². The molecule has 0 aromatic heterocycles. The van der Waals surface area contributed by atoms with Crippen LogP contribution in [0.2, 0.25) is 5.02 Å². The maximum Gasteiger partial charge on any atom is 0.241 e. The predicted octanol–water partition coefficient (Wildman–Crippen LogP) is 1.62. The van der Waals surface area contributed by atoms with Crippen molar-refractivity contribution in [2.75, 3.05) is 6.54 Å². The van der Waals surface area contributed by atoms with Crippen LogP contribution in [-0.4, -0.2) is 20.5 Å². The van der Waals surface area contributed by atoms with Crippen LogP contribution < -0.4 is 10.5 Å². The molecule has 1 saturated carbocycles. The second-order valence-corrected chi connectivity index (χ2v) is 7.34. The first kappa shape index (κ1) is 15.3. The molecule has 1 fully saturated rings. The van der Waals surface area contributed by atoms with Crippen molar-refractivity contribution in [2.24, 2.45) is 11.7 Å². The van der Waals surface area contributed by atoms with Crippen LogP contribution in [0.5, 0.6) is 0 Å². The van der Waals surface area contributed by atoms with Gasteiger partial charge in [-0.3, -0.25) is 0 Å². The maximum atomic E-state index is 12.4. The topological polar surface area (TPSA) is 96.0 Å².